The van der Waals surface area contributed by atoms with Crippen LogP contribution in [0.5, 0.6) is 0 Å². The Balaban J connectivity index is 2.90. The minimum atomic E-state index is -3.48. The zero-order chi connectivity index (χ0) is 12.1. The molecular formula is C12H26O3Sn. The Morgan fingerprint density at radius 3 is 1.75 bits per heavy atom. The van der Waals surface area contributed by atoms with Crippen molar-refractivity contribution < 1.29 is 9.59 Å². The molecular weight excluding hydrogens is 311 g/mol. The predicted molar refractivity (Wildman–Crippen MR) is 66.5 cm³/mol. The van der Waals surface area contributed by atoms with Gasteiger partial charge < -0.3 is 0 Å². The van der Waals surface area contributed by atoms with Gasteiger partial charge in [0.1, 0.15) is 0 Å². The Hall–Kier alpha value is 0.519. The summed E-state index contributed by atoms with van der Waals surface area (Å²) in [7, 11) is 0. The fraction of sp³-hybridized carbons (Fsp3) is 1.00. The van der Waals surface area contributed by atoms with Crippen LogP contribution in [0.2, 0.25) is 0 Å². The Bertz CT molecular complexity index is 162. The summed E-state index contributed by atoms with van der Waals surface area (Å²) >= 11 is -3.48. The summed E-state index contributed by atoms with van der Waals surface area (Å²) in [6, 6.07) is 0. The van der Waals surface area contributed by atoms with Crippen molar-refractivity contribution in [2.24, 2.45) is 0 Å². The molecule has 0 radical (unpaired) electrons. The molecule has 0 aliphatic carbocycles. The maximum atomic E-state index is 10.3. The number of unbranched alkanes of at least 4 members (excludes halogenated alkanes) is 9. The van der Waals surface area contributed by atoms with E-state index in [1.165, 1.54) is 51.4 Å². The van der Waals surface area contributed by atoms with Crippen LogP contribution >= 0.6 is 0 Å². The molecule has 96 valence electrons. The van der Waals surface area contributed by atoms with Crippen molar-refractivity contribution in [1.82, 2.24) is 0 Å². The van der Waals surface area contributed by atoms with Gasteiger partial charge in [-0.15, -0.1) is 0 Å². The van der Waals surface area contributed by atoms with E-state index in [0.29, 0.717) is 6.61 Å². The van der Waals surface area contributed by atoms with Crippen LogP contribution in [-0.2, 0) is 6.15 Å². The van der Waals surface area contributed by atoms with Crippen molar-refractivity contribution in [2.45, 2.75) is 71.1 Å². The molecule has 0 spiro atoms. The monoisotopic (exact) mass is 338 g/mol. The second-order valence-electron chi connectivity index (χ2n) is 4.30. The molecule has 0 bridgehead atoms. The standard InChI is InChI=1S/C12H25O.H2O.O.Sn/c1-2-3-4-5-6-7-8-9-10-11-12-13;;;/h2-12H2,1H3;1H2;;/q-1;;;+2/p-1. The quantitative estimate of drug-likeness (QED) is 0.439. The fourth-order valence-electron chi connectivity index (χ4n) is 1.75. The summed E-state index contributed by atoms with van der Waals surface area (Å²) in [5.41, 5.74) is 0. The normalized spacial score (nSPS) is 10.6. The van der Waals surface area contributed by atoms with E-state index in [9.17, 15) is 3.08 Å². The van der Waals surface area contributed by atoms with Crippen LogP contribution in [0.15, 0.2) is 0 Å². The van der Waals surface area contributed by atoms with Crippen LogP contribution in [0.1, 0.15) is 71.1 Å². The van der Waals surface area contributed by atoms with Gasteiger partial charge in [-0.1, -0.05) is 6.92 Å². The van der Waals surface area contributed by atoms with Gasteiger partial charge in [0.05, 0.1) is 0 Å². The van der Waals surface area contributed by atoms with Crippen LogP contribution in [-0.4, -0.2) is 30.6 Å². The molecule has 0 saturated heterocycles. The third-order valence-corrected chi connectivity index (χ3v) is 4.01. The van der Waals surface area contributed by atoms with Gasteiger partial charge in [-0.25, -0.2) is 0 Å². The predicted octanol–water partition coefficient (Wildman–Crippen LogP) is 3.33. The van der Waals surface area contributed by atoms with Gasteiger partial charge in [0.2, 0.25) is 0 Å². The molecule has 16 heavy (non-hydrogen) atoms. The molecule has 0 aliphatic rings. The van der Waals surface area contributed by atoms with Crippen molar-refractivity contribution in [1.29, 1.82) is 0 Å². The van der Waals surface area contributed by atoms with Crippen LogP contribution in [0.3, 0.4) is 0 Å². The molecule has 0 aliphatic heterocycles. The Labute approximate surface area is 108 Å². The van der Waals surface area contributed by atoms with Gasteiger partial charge in [-0.3, -0.25) is 0 Å². The molecule has 0 heterocycles. The van der Waals surface area contributed by atoms with Gasteiger partial charge in [-0.2, -0.15) is 0 Å². The average molecular weight is 337 g/mol. The number of rotatable bonds is 12. The van der Waals surface area contributed by atoms with E-state index >= 15 is 0 Å². The average Bonchev–Trinajstić information content (AvgIpc) is 2.25. The molecule has 0 atom stereocenters. The molecule has 0 unspecified atom stereocenters. The van der Waals surface area contributed by atoms with Gasteiger partial charge >= 0.3 is 101 Å². The van der Waals surface area contributed by atoms with Gasteiger partial charge in [0, 0.05) is 0 Å². The third-order valence-electron chi connectivity index (χ3n) is 2.72. The molecule has 0 aromatic heterocycles. The Morgan fingerprint density at radius 1 is 0.875 bits per heavy atom. The first kappa shape index (κ1) is 16.5. The van der Waals surface area contributed by atoms with Crippen molar-refractivity contribution >= 4 is 20.6 Å². The van der Waals surface area contributed by atoms with Gasteiger partial charge in [-0.05, 0) is 0 Å². The summed E-state index contributed by atoms with van der Waals surface area (Å²) in [6.07, 6.45) is 12.8. The molecule has 0 aromatic carbocycles. The third kappa shape index (κ3) is 14.5. The van der Waals surface area contributed by atoms with Crippen LogP contribution < -0.4 is 0 Å². The van der Waals surface area contributed by atoms with Crippen LogP contribution in [0.25, 0.3) is 0 Å². The van der Waals surface area contributed by atoms with E-state index in [1.54, 1.807) is 0 Å². The first-order valence-corrected chi connectivity index (χ1v) is 10.2. The first-order valence-electron chi connectivity index (χ1n) is 6.63. The Kier molecular flexibility index (Phi) is 14.0. The summed E-state index contributed by atoms with van der Waals surface area (Å²) in [5, 5.41) is 0. The van der Waals surface area contributed by atoms with Crippen molar-refractivity contribution in [3.05, 3.63) is 0 Å². The number of hydrogen-bond donors (Lipinski definition) is 1. The van der Waals surface area contributed by atoms with Crippen molar-refractivity contribution in [3.8, 4) is 0 Å². The van der Waals surface area contributed by atoms with Crippen LogP contribution in [0, 0.1) is 0 Å². The summed E-state index contributed by atoms with van der Waals surface area (Å²) in [4.78, 5) is 0. The summed E-state index contributed by atoms with van der Waals surface area (Å²) in [6.45, 7) is 2.72. The molecule has 1 N–H and O–H groups in total. The second-order valence-corrected chi connectivity index (χ2v) is 6.64. The topological polar surface area (TPSA) is 46.5 Å². The van der Waals surface area contributed by atoms with E-state index in [0.717, 1.165) is 12.8 Å². The Morgan fingerprint density at radius 2 is 1.31 bits per heavy atom. The van der Waals surface area contributed by atoms with Crippen LogP contribution in [0.4, 0.5) is 0 Å². The van der Waals surface area contributed by atoms with E-state index in [4.69, 9.17) is 6.52 Å². The SMILES string of the molecule is CCCCCCCCCCCC[O][Sn](=[O])[OH]. The van der Waals surface area contributed by atoms with Crippen molar-refractivity contribution in [3.63, 3.8) is 0 Å². The number of hydrogen-bond acceptors (Lipinski definition) is 2. The van der Waals surface area contributed by atoms with Crippen molar-refractivity contribution in [2.75, 3.05) is 6.61 Å². The van der Waals surface area contributed by atoms with E-state index < -0.39 is 20.6 Å². The van der Waals surface area contributed by atoms with E-state index in [1.807, 2.05) is 0 Å². The minimum absolute atomic E-state index is 0.477. The molecule has 0 saturated carbocycles. The van der Waals surface area contributed by atoms with E-state index in [-0.39, 0.29) is 0 Å². The van der Waals surface area contributed by atoms with E-state index in [2.05, 4.69) is 6.92 Å². The molecule has 0 aromatic rings. The van der Waals surface area contributed by atoms with Gasteiger partial charge in [0.15, 0.2) is 0 Å². The first-order chi connectivity index (χ1) is 7.77. The molecule has 0 amide bonds. The zero-order valence-corrected chi connectivity index (χ0v) is 13.4. The maximum absolute atomic E-state index is 10.3. The summed E-state index contributed by atoms with van der Waals surface area (Å²) in [5.74, 6) is 0. The zero-order valence-electron chi connectivity index (χ0n) is 10.5. The second kappa shape index (κ2) is 13.6. The molecule has 0 rings (SSSR count). The molecule has 4 heteroatoms. The fourth-order valence-corrected chi connectivity index (χ4v) is 2.66. The molecule has 3 nitrogen and oxygen atoms in total. The van der Waals surface area contributed by atoms with Gasteiger partial charge in [0.25, 0.3) is 0 Å². The summed E-state index contributed by atoms with van der Waals surface area (Å²) < 4.78 is 23.5. The molecule has 0 fully saturated rings.